The molecule has 0 heterocycles. The molecule has 0 fully saturated rings. The molecule has 0 radical (unpaired) electrons. The highest BCUT2D eigenvalue weighted by Gasteiger charge is 2.27. The Kier molecular flexibility index (Phi) is 4.96. The van der Waals surface area contributed by atoms with E-state index in [1.165, 1.54) is 23.5 Å². The Balaban J connectivity index is 2.13. The van der Waals surface area contributed by atoms with Crippen LogP contribution in [0.5, 0.6) is 0 Å². The Bertz CT molecular complexity index is 1100. The van der Waals surface area contributed by atoms with E-state index >= 15 is 0 Å². The Morgan fingerprint density at radius 1 is 0.926 bits per heavy atom. The average molecular weight is 382 g/mol. The van der Waals surface area contributed by atoms with E-state index in [0.29, 0.717) is 11.3 Å². The highest BCUT2D eigenvalue weighted by Crippen LogP contribution is 2.34. The van der Waals surface area contributed by atoms with Crippen LogP contribution in [0.2, 0.25) is 0 Å². The first-order valence-corrected chi connectivity index (χ1v) is 9.65. The van der Waals surface area contributed by atoms with Gasteiger partial charge in [-0.25, -0.2) is 8.42 Å². The van der Waals surface area contributed by atoms with Gasteiger partial charge in [-0.2, -0.15) is 0 Å². The number of para-hydroxylation sites is 1. The highest BCUT2D eigenvalue weighted by atomic mass is 32.2. The van der Waals surface area contributed by atoms with Crippen molar-refractivity contribution in [2.45, 2.75) is 11.8 Å². The predicted octanol–water partition coefficient (Wildman–Crippen LogP) is 4.40. The summed E-state index contributed by atoms with van der Waals surface area (Å²) >= 11 is 0. The standard InChI is InChI=1S/C20H18N2O4S/c1-15-12-13-17(22(23)24)14-20(15)27(25,26)21(2)19-11-7-6-10-18(19)16-8-4-3-5-9-16/h3-14H,1-2H3. The molecule has 0 atom stereocenters. The zero-order valence-corrected chi connectivity index (χ0v) is 15.7. The molecule has 0 aliphatic rings. The van der Waals surface area contributed by atoms with Crippen molar-refractivity contribution in [2.75, 3.05) is 11.4 Å². The van der Waals surface area contributed by atoms with E-state index in [2.05, 4.69) is 0 Å². The minimum atomic E-state index is -3.98. The van der Waals surface area contributed by atoms with Crippen LogP contribution < -0.4 is 4.31 Å². The summed E-state index contributed by atoms with van der Waals surface area (Å²) in [6.45, 7) is 1.62. The van der Waals surface area contributed by atoms with Gasteiger partial charge >= 0.3 is 0 Å². The third kappa shape index (κ3) is 3.54. The smallest absolute Gasteiger partial charge is 0.269 e. The summed E-state index contributed by atoms with van der Waals surface area (Å²) in [5, 5.41) is 11.1. The largest absolute Gasteiger partial charge is 0.270 e. The maximum absolute atomic E-state index is 13.2. The number of non-ortho nitro benzene ring substituents is 1. The number of aryl methyl sites for hydroxylation is 1. The van der Waals surface area contributed by atoms with Crippen LogP contribution in [0, 0.1) is 17.0 Å². The first-order chi connectivity index (χ1) is 12.8. The summed E-state index contributed by atoms with van der Waals surface area (Å²) in [5.74, 6) is 0. The molecule has 0 bridgehead atoms. The van der Waals surface area contributed by atoms with Crippen molar-refractivity contribution in [1.82, 2.24) is 0 Å². The van der Waals surface area contributed by atoms with E-state index in [-0.39, 0.29) is 10.6 Å². The predicted molar refractivity (Wildman–Crippen MR) is 105 cm³/mol. The molecule has 7 heteroatoms. The second-order valence-corrected chi connectivity index (χ2v) is 8.00. The minimum absolute atomic E-state index is 0.0814. The van der Waals surface area contributed by atoms with E-state index in [1.54, 1.807) is 19.1 Å². The fourth-order valence-corrected chi connectivity index (χ4v) is 4.33. The van der Waals surface area contributed by atoms with Gasteiger partial charge in [-0.3, -0.25) is 14.4 Å². The molecule has 0 N–H and O–H groups in total. The van der Waals surface area contributed by atoms with Gasteiger partial charge in [0.05, 0.1) is 15.5 Å². The number of anilines is 1. The lowest BCUT2D eigenvalue weighted by atomic mass is 10.0. The molecular weight excluding hydrogens is 364 g/mol. The van der Waals surface area contributed by atoms with Crippen LogP contribution in [-0.4, -0.2) is 20.4 Å². The van der Waals surface area contributed by atoms with Crippen molar-refractivity contribution >= 4 is 21.4 Å². The second kappa shape index (κ2) is 7.20. The maximum atomic E-state index is 13.2. The van der Waals surface area contributed by atoms with Crippen LogP contribution in [0.1, 0.15) is 5.56 Å². The first kappa shape index (κ1) is 18.6. The fraction of sp³-hybridized carbons (Fsp3) is 0.100. The Morgan fingerprint density at radius 2 is 1.56 bits per heavy atom. The van der Waals surface area contributed by atoms with Gasteiger partial charge in [-0.15, -0.1) is 0 Å². The number of benzene rings is 3. The molecule has 3 aromatic carbocycles. The Morgan fingerprint density at radius 3 is 2.22 bits per heavy atom. The molecule has 0 saturated carbocycles. The van der Waals surface area contributed by atoms with Crippen LogP contribution in [0.3, 0.4) is 0 Å². The van der Waals surface area contributed by atoms with Gasteiger partial charge in [-0.05, 0) is 24.1 Å². The van der Waals surface area contributed by atoms with E-state index in [0.717, 1.165) is 17.2 Å². The lowest BCUT2D eigenvalue weighted by molar-refractivity contribution is -0.385. The molecule has 3 rings (SSSR count). The summed E-state index contributed by atoms with van der Waals surface area (Å²) in [5.41, 5.74) is 2.32. The maximum Gasteiger partial charge on any atom is 0.270 e. The molecule has 0 aliphatic carbocycles. The second-order valence-electron chi connectivity index (χ2n) is 6.06. The molecule has 0 amide bonds. The molecule has 0 aromatic heterocycles. The number of rotatable bonds is 5. The van der Waals surface area contributed by atoms with E-state index in [4.69, 9.17) is 0 Å². The van der Waals surface area contributed by atoms with Crippen LogP contribution >= 0.6 is 0 Å². The summed E-state index contributed by atoms with van der Waals surface area (Å²) in [4.78, 5) is 10.4. The van der Waals surface area contributed by atoms with E-state index < -0.39 is 14.9 Å². The van der Waals surface area contributed by atoms with Gasteiger partial charge < -0.3 is 0 Å². The van der Waals surface area contributed by atoms with Crippen LogP contribution in [0.25, 0.3) is 11.1 Å². The first-order valence-electron chi connectivity index (χ1n) is 8.21. The van der Waals surface area contributed by atoms with Crippen molar-refractivity contribution in [1.29, 1.82) is 0 Å². The molecule has 0 unspecified atom stereocenters. The van der Waals surface area contributed by atoms with Crippen molar-refractivity contribution in [3.05, 3.63) is 88.5 Å². The van der Waals surface area contributed by atoms with Crippen LogP contribution in [0.4, 0.5) is 11.4 Å². The van der Waals surface area contributed by atoms with Crippen molar-refractivity contribution < 1.29 is 13.3 Å². The number of hydrogen-bond donors (Lipinski definition) is 0. The third-order valence-corrected chi connectivity index (χ3v) is 6.26. The highest BCUT2D eigenvalue weighted by molar-refractivity contribution is 7.92. The summed E-state index contributed by atoms with van der Waals surface area (Å²) in [6.07, 6.45) is 0. The molecule has 0 aliphatic heterocycles. The Hall–Kier alpha value is -3.19. The molecule has 0 saturated heterocycles. The van der Waals surface area contributed by atoms with Gasteiger partial charge in [0.25, 0.3) is 15.7 Å². The normalized spacial score (nSPS) is 11.2. The monoisotopic (exact) mass is 382 g/mol. The lowest BCUT2D eigenvalue weighted by Gasteiger charge is -2.23. The van der Waals surface area contributed by atoms with E-state index in [9.17, 15) is 18.5 Å². The molecule has 0 spiro atoms. The SMILES string of the molecule is Cc1ccc([N+](=O)[O-])cc1S(=O)(=O)N(C)c1ccccc1-c1ccccc1. The summed E-state index contributed by atoms with van der Waals surface area (Å²) < 4.78 is 27.6. The quantitative estimate of drug-likeness (QED) is 0.484. The van der Waals surface area contributed by atoms with Gasteiger partial charge in [0.15, 0.2) is 0 Å². The van der Waals surface area contributed by atoms with Crippen LogP contribution in [-0.2, 0) is 10.0 Å². The minimum Gasteiger partial charge on any atom is -0.269 e. The number of nitrogens with zero attached hydrogens (tertiary/aromatic N) is 2. The summed E-state index contributed by atoms with van der Waals surface area (Å²) in [7, 11) is -2.53. The number of nitro groups is 1. The fourth-order valence-electron chi connectivity index (χ4n) is 2.87. The number of sulfonamides is 1. The zero-order valence-electron chi connectivity index (χ0n) is 14.9. The Labute approximate surface area is 157 Å². The number of hydrogen-bond acceptors (Lipinski definition) is 4. The molecule has 27 heavy (non-hydrogen) atoms. The molecule has 6 nitrogen and oxygen atoms in total. The number of nitro benzene ring substituents is 1. The van der Waals surface area contributed by atoms with Gasteiger partial charge in [0, 0.05) is 24.7 Å². The molecule has 3 aromatic rings. The lowest BCUT2D eigenvalue weighted by Crippen LogP contribution is -2.27. The summed E-state index contributed by atoms with van der Waals surface area (Å²) in [6, 6.07) is 20.5. The van der Waals surface area contributed by atoms with Crippen molar-refractivity contribution in [3.8, 4) is 11.1 Å². The third-order valence-electron chi connectivity index (χ3n) is 4.35. The molecular formula is C20H18N2O4S. The topological polar surface area (TPSA) is 80.5 Å². The molecule has 138 valence electrons. The van der Waals surface area contributed by atoms with Gasteiger partial charge in [0.1, 0.15) is 0 Å². The average Bonchev–Trinajstić information content (AvgIpc) is 2.68. The van der Waals surface area contributed by atoms with Crippen LogP contribution in [0.15, 0.2) is 77.7 Å². The van der Waals surface area contributed by atoms with E-state index in [1.807, 2.05) is 42.5 Å². The zero-order chi connectivity index (χ0) is 19.6. The van der Waals surface area contributed by atoms with Crippen molar-refractivity contribution in [3.63, 3.8) is 0 Å². The van der Waals surface area contributed by atoms with Gasteiger partial charge in [-0.1, -0.05) is 54.6 Å². The van der Waals surface area contributed by atoms with Gasteiger partial charge in [0.2, 0.25) is 0 Å². The van der Waals surface area contributed by atoms with Crippen molar-refractivity contribution in [2.24, 2.45) is 0 Å².